The second kappa shape index (κ2) is 8.08. The second-order valence-electron chi connectivity index (χ2n) is 8.50. The molecule has 1 spiro atoms. The van der Waals surface area contributed by atoms with Crippen LogP contribution in [0.2, 0.25) is 0 Å². The Hall–Kier alpha value is -2.90. The molecular formula is C22H27N3O5. The van der Waals surface area contributed by atoms with E-state index >= 15 is 0 Å². The first-order valence-electron chi connectivity index (χ1n) is 10.5. The number of hydrogen-bond acceptors (Lipinski definition) is 5. The highest BCUT2D eigenvalue weighted by molar-refractivity contribution is 6.00. The number of nitrogens with two attached hydrogens (primary N) is 1. The van der Waals surface area contributed by atoms with Crippen molar-refractivity contribution < 1.29 is 23.9 Å². The molecule has 1 aromatic carbocycles. The summed E-state index contributed by atoms with van der Waals surface area (Å²) in [6, 6.07) is 7.20. The molecule has 30 heavy (non-hydrogen) atoms. The number of hydrogen-bond donors (Lipinski definition) is 1. The summed E-state index contributed by atoms with van der Waals surface area (Å²) in [6.07, 6.45) is 2.59. The van der Waals surface area contributed by atoms with E-state index in [2.05, 4.69) is 0 Å². The van der Waals surface area contributed by atoms with Gasteiger partial charge in [-0.15, -0.1) is 0 Å². The van der Waals surface area contributed by atoms with Crippen molar-refractivity contribution in [3.8, 4) is 5.75 Å². The highest BCUT2D eigenvalue weighted by Crippen LogP contribution is 2.39. The molecule has 1 atom stereocenters. The lowest BCUT2D eigenvalue weighted by Crippen LogP contribution is -2.47. The Kier molecular flexibility index (Phi) is 5.49. The van der Waals surface area contributed by atoms with Crippen LogP contribution in [0.1, 0.15) is 48.9 Å². The van der Waals surface area contributed by atoms with Crippen molar-refractivity contribution in [3.63, 3.8) is 0 Å². The third-order valence-corrected chi connectivity index (χ3v) is 6.56. The van der Waals surface area contributed by atoms with Crippen LogP contribution in [0.5, 0.6) is 5.75 Å². The fraction of sp³-hybridized carbons (Fsp3) is 0.545. The van der Waals surface area contributed by atoms with Crippen molar-refractivity contribution in [1.82, 2.24) is 9.80 Å². The van der Waals surface area contributed by atoms with E-state index in [4.69, 9.17) is 10.5 Å². The minimum atomic E-state index is -0.696. The molecule has 160 valence electrons. The lowest BCUT2D eigenvalue weighted by Gasteiger charge is -2.37. The molecule has 3 aliphatic rings. The number of carbonyl (C=O) groups is 4. The van der Waals surface area contributed by atoms with Gasteiger partial charge in [-0.1, -0.05) is 12.1 Å². The molecule has 3 amide bonds. The van der Waals surface area contributed by atoms with E-state index in [1.807, 2.05) is 12.1 Å². The Morgan fingerprint density at radius 1 is 1.10 bits per heavy atom. The van der Waals surface area contributed by atoms with Gasteiger partial charge in [-0.2, -0.15) is 0 Å². The molecule has 2 fully saturated rings. The Labute approximate surface area is 175 Å². The van der Waals surface area contributed by atoms with E-state index in [-0.39, 0.29) is 48.8 Å². The number of fused-ring (bicyclic) bond motifs is 1. The molecule has 0 saturated carbocycles. The number of Topliss-reactive ketones (excluding diaryl/α,β-unsaturated/α-hetero) is 1. The average molecular weight is 413 g/mol. The minimum Gasteiger partial charge on any atom is -0.486 e. The number of carbonyl (C=O) groups excluding carboxylic acids is 4. The summed E-state index contributed by atoms with van der Waals surface area (Å²) < 4.78 is 6.22. The SMILES string of the molecule is NC(=O)C1CCN(C(=O)CN2CCC3(CCC2=O)CC(=O)c2ccccc2O3)CC1. The van der Waals surface area contributed by atoms with Crippen molar-refractivity contribution in [2.45, 2.75) is 44.1 Å². The highest BCUT2D eigenvalue weighted by Gasteiger charge is 2.43. The maximum Gasteiger partial charge on any atom is 0.242 e. The summed E-state index contributed by atoms with van der Waals surface area (Å²) in [7, 11) is 0. The van der Waals surface area contributed by atoms with Crippen LogP contribution < -0.4 is 10.5 Å². The van der Waals surface area contributed by atoms with Crippen molar-refractivity contribution in [1.29, 1.82) is 0 Å². The Balaban J connectivity index is 1.38. The fourth-order valence-corrected chi connectivity index (χ4v) is 4.65. The molecule has 0 aromatic heterocycles. The van der Waals surface area contributed by atoms with Crippen LogP contribution in [-0.4, -0.2) is 65.1 Å². The third kappa shape index (κ3) is 4.04. The first-order valence-corrected chi connectivity index (χ1v) is 10.5. The van der Waals surface area contributed by atoms with Crippen molar-refractivity contribution in [3.05, 3.63) is 29.8 Å². The topological polar surface area (TPSA) is 110 Å². The maximum atomic E-state index is 12.7. The van der Waals surface area contributed by atoms with Gasteiger partial charge >= 0.3 is 0 Å². The first kappa shape index (κ1) is 20.4. The number of para-hydroxylation sites is 1. The number of piperidine rings is 1. The lowest BCUT2D eigenvalue weighted by molar-refractivity contribution is -0.141. The smallest absolute Gasteiger partial charge is 0.242 e. The van der Waals surface area contributed by atoms with Crippen molar-refractivity contribution >= 4 is 23.5 Å². The van der Waals surface area contributed by atoms with Gasteiger partial charge in [0, 0.05) is 38.4 Å². The summed E-state index contributed by atoms with van der Waals surface area (Å²) in [5.74, 6) is -0.110. The Morgan fingerprint density at radius 2 is 1.83 bits per heavy atom. The molecule has 1 unspecified atom stereocenters. The molecule has 4 rings (SSSR count). The molecule has 0 bridgehead atoms. The maximum absolute atomic E-state index is 12.7. The van der Waals surface area contributed by atoms with Crippen LogP contribution in [0.3, 0.4) is 0 Å². The van der Waals surface area contributed by atoms with Gasteiger partial charge in [0.1, 0.15) is 11.4 Å². The second-order valence-corrected chi connectivity index (χ2v) is 8.50. The minimum absolute atomic E-state index is 0.0146. The zero-order valence-corrected chi connectivity index (χ0v) is 17.0. The monoisotopic (exact) mass is 413 g/mol. The number of nitrogens with zero attached hydrogens (tertiary/aromatic N) is 2. The number of amides is 3. The summed E-state index contributed by atoms with van der Waals surface area (Å²) >= 11 is 0. The largest absolute Gasteiger partial charge is 0.486 e. The van der Waals surface area contributed by atoms with E-state index < -0.39 is 5.60 Å². The van der Waals surface area contributed by atoms with E-state index in [0.717, 1.165) is 0 Å². The highest BCUT2D eigenvalue weighted by atomic mass is 16.5. The molecule has 2 N–H and O–H groups in total. The van der Waals surface area contributed by atoms with E-state index in [9.17, 15) is 19.2 Å². The van der Waals surface area contributed by atoms with Gasteiger partial charge in [0.2, 0.25) is 17.7 Å². The van der Waals surface area contributed by atoms with Gasteiger partial charge in [0.15, 0.2) is 5.78 Å². The van der Waals surface area contributed by atoms with Crippen molar-refractivity contribution in [2.75, 3.05) is 26.2 Å². The molecule has 8 nitrogen and oxygen atoms in total. The molecule has 1 aromatic rings. The van der Waals surface area contributed by atoms with E-state index in [1.165, 1.54) is 0 Å². The Bertz CT molecular complexity index is 877. The van der Waals surface area contributed by atoms with Crippen LogP contribution in [0.4, 0.5) is 0 Å². The van der Waals surface area contributed by atoms with Gasteiger partial charge in [-0.05, 0) is 31.4 Å². The zero-order valence-electron chi connectivity index (χ0n) is 17.0. The summed E-state index contributed by atoms with van der Waals surface area (Å²) in [5, 5.41) is 0. The van der Waals surface area contributed by atoms with Crippen LogP contribution in [-0.2, 0) is 14.4 Å². The molecule has 2 saturated heterocycles. The van der Waals surface area contributed by atoms with Crippen molar-refractivity contribution in [2.24, 2.45) is 11.7 Å². The van der Waals surface area contributed by atoms with E-state index in [0.29, 0.717) is 56.6 Å². The normalized spacial score (nSPS) is 24.9. The number of likely N-dealkylation sites (tertiary alicyclic amines) is 2. The average Bonchev–Trinajstić information content (AvgIpc) is 2.88. The summed E-state index contributed by atoms with van der Waals surface area (Å²) in [5.41, 5.74) is 5.24. The third-order valence-electron chi connectivity index (χ3n) is 6.56. The number of primary amides is 1. The number of benzene rings is 1. The zero-order chi connectivity index (χ0) is 21.3. The number of ether oxygens (including phenoxy) is 1. The fourth-order valence-electron chi connectivity index (χ4n) is 4.65. The molecule has 0 radical (unpaired) electrons. The van der Waals surface area contributed by atoms with Gasteiger partial charge in [-0.25, -0.2) is 0 Å². The number of ketones is 1. The molecule has 3 heterocycles. The van der Waals surface area contributed by atoms with Gasteiger partial charge in [0.05, 0.1) is 18.5 Å². The molecule has 0 aliphatic carbocycles. The van der Waals surface area contributed by atoms with Crippen LogP contribution in [0.25, 0.3) is 0 Å². The lowest BCUT2D eigenvalue weighted by atomic mass is 9.84. The van der Waals surface area contributed by atoms with Crippen LogP contribution in [0.15, 0.2) is 24.3 Å². The van der Waals surface area contributed by atoms with Crippen LogP contribution >= 0.6 is 0 Å². The summed E-state index contributed by atoms with van der Waals surface area (Å²) in [4.78, 5) is 52.6. The molecule has 3 aliphatic heterocycles. The Morgan fingerprint density at radius 3 is 2.57 bits per heavy atom. The van der Waals surface area contributed by atoms with Gasteiger partial charge < -0.3 is 20.3 Å². The van der Waals surface area contributed by atoms with Crippen LogP contribution in [0, 0.1) is 5.92 Å². The molecule has 8 heteroatoms. The van der Waals surface area contributed by atoms with E-state index in [1.54, 1.807) is 21.9 Å². The number of rotatable bonds is 3. The quantitative estimate of drug-likeness (QED) is 0.799. The predicted octanol–water partition coefficient (Wildman–Crippen LogP) is 1.13. The standard InChI is InChI=1S/C22H27N3O5/c23-21(29)15-6-10-24(11-7-15)20(28)14-25-12-9-22(8-5-19(25)27)13-17(26)16-3-1-2-4-18(16)30-22/h1-4,15H,5-14H2,(H2,23,29). The first-order chi connectivity index (χ1) is 14.4. The van der Waals surface area contributed by atoms with Gasteiger partial charge in [0.25, 0.3) is 0 Å². The molecular weight excluding hydrogens is 386 g/mol. The van der Waals surface area contributed by atoms with Gasteiger partial charge in [-0.3, -0.25) is 19.2 Å². The predicted molar refractivity (Wildman–Crippen MR) is 108 cm³/mol. The summed E-state index contributed by atoms with van der Waals surface area (Å²) in [6.45, 7) is 1.35.